The smallest absolute Gasteiger partial charge is 0.412 e. The van der Waals surface area contributed by atoms with Crippen LogP contribution < -0.4 is 0 Å². The molecule has 0 saturated carbocycles. The van der Waals surface area contributed by atoms with Gasteiger partial charge >= 0.3 is 12.1 Å². The second-order valence-corrected chi connectivity index (χ2v) is 4.49. The molecule has 0 unspecified atom stereocenters. The fourth-order valence-electron chi connectivity index (χ4n) is 1.82. The van der Waals surface area contributed by atoms with Gasteiger partial charge in [0.2, 0.25) is 0 Å². The van der Waals surface area contributed by atoms with Crippen molar-refractivity contribution in [3.8, 4) is 0 Å². The molecule has 0 aliphatic rings. The van der Waals surface area contributed by atoms with E-state index >= 15 is 0 Å². The van der Waals surface area contributed by atoms with Crippen molar-refractivity contribution in [3.05, 3.63) is 47.5 Å². The molecule has 1 atom stereocenters. The number of carbonyl (C=O) groups is 1. The number of hydrogen-bond donors (Lipinski definition) is 0. The molecule has 0 radical (unpaired) electrons. The van der Waals surface area contributed by atoms with E-state index in [4.69, 9.17) is 4.74 Å². The molecule has 20 heavy (non-hydrogen) atoms. The van der Waals surface area contributed by atoms with Crippen LogP contribution in [-0.2, 0) is 16.0 Å². The van der Waals surface area contributed by atoms with Gasteiger partial charge in [-0.2, -0.15) is 13.2 Å². The highest BCUT2D eigenvalue weighted by Crippen LogP contribution is 2.30. The molecule has 0 heterocycles. The topological polar surface area (TPSA) is 26.3 Å². The minimum absolute atomic E-state index is 0.140. The summed E-state index contributed by atoms with van der Waals surface area (Å²) in [7, 11) is 0. The molecule has 0 aliphatic heterocycles. The standard InChI is InChI=1S/C15H17F3O2/c1-11(20-12(2)19)10-14(15(16,17)18)9-8-13-6-4-3-5-7-13/h3-7,10-11H,8-9H2,1-2H3/b14-10+/t11-/m1/s1. The van der Waals surface area contributed by atoms with Gasteiger partial charge in [-0.1, -0.05) is 30.3 Å². The maximum atomic E-state index is 12.9. The lowest BCUT2D eigenvalue weighted by molar-refractivity contribution is -0.143. The third-order valence-electron chi connectivity index (χ3n) is 2.68. The molecular formula is C15H17F3O2. The molecule has 0 bridgehead atoms. The summed E-state index contributed by atoms with van der Waals surface area (Å²) in [6.07, 6.45) is -4.19. The van der Waals surface area contributed by atoms with Crippen LogP contribution in [0.2, 0.25) is 0 Å². The number of benzene rings is 1. The van der Waals surface area contributed by atoms with E-state index in [9.17, 15) is 18.0 Å². The van der Waals surface area contributed by atoms with Crippen LogP contribution in [0.3, 0.4) is 0 Å². The van der Waals surface area contributed by atoms with Crippen molar-refractivity contribution >= 4 is 5.97 Å². The maximum absolute atomic E-state index is 12.9. The van der Waals surface area contributed by atoms with Crippen LogP contribution in [0.1, 0.15) is 25.8 Å². The Morgan fingerprint density at radius 3 is 2.40 bits per heavy atom. The lowest BCUT2D eigenvalue weighted by Crippen LogP contribution is -2.17. The van der Waals surface area contributed by atoms with E-state index in [0.29, 0.717) is 6.42 Å². The molecule has 0 N–H and O–H groups in total. The monoisotopic (exact) mass is 286 g/mol. The molecule has 0 aliphatic carbocycles. The number of hydrogen-bond acceptors (Lipinski definition) is 2. The zero-order valence-corrected chi connectivity index (χ0v) is 11.4. The molecule has 0 aromatic heterocycles. The van der Waals surface area contributed by atoms with Crippen molar-refractivity contribution < 1.29 is 22.7 Å². The summed E-state index contributed by atoms with van der Waals surface area (Å²) >= 11 is 0. The van der Waals surface area contributed by atoms with Crippen molar-refractivity contribution in [2.24, 2.45) is 0 Å². The van der Waals surface area contributed by atoms with Crippen LogP contribution in [0.25, 0.3) is 0 Å². The van der Waals surface area contributed by atoms with Gasteiger partial charge in [0.25, 0.3) is 0 Å². The maximum Gasteiger partial charge on any atom is 0.412 e. The van der Waals surface area contributed by atoms with Crippen LogP contribution in [0.4, 0.5) is 13.2 Å². The lowest BCUT2D eigenvalue weighted by atomic mass is 10.0. The molecule has 0 amide bonds. The highest BCUT2D eigenvalue weighted by molar-refractivity contribution is 5.66. The second-order valence-electron chi connectivity index (χ2n) is 4.49. The molecule has 1 aromatic carbocycles. The van der Waals surface area contributed by atoms with E-state index < -0.39 is 23.8 Å². The predicted octanol–water partition coefficient (Wildman–Crippen LogP) is 4.06. The SMILES string of the molecule is CC(=O)O[C@H](C)/C=C(\CCc1ccccc1)C(F)(F)F. The third-order valence-corrected chi connectivity index (χ3v) is 2.68. The molecule has 0 spiro atoms. The van der Waals surface area contributed by atoms with Crippen LogP contribution >= 0.6 is 0 Å². The van der Waals surface area contributed by atoms with Gasteiger partial charge in [0, 0.05) is 12.5 Å². The summed E-state index contributed by atoms with van der Waals surface area (Å²) in [6.45, 7) is 2.58. The lowest BCUT2D eigenvalue weighted by Gasteiger charge is -2.15. The number of halogens is 3. The van der Waals surface area contributed by atoms with Crippen molar-refractivity contribution in [1.29, 1.82) is 0 Å². The Hall–Kier alpha value is -1.78. The zero-order valence-electron chi connectivity index (χ0n) is 11.4. The quantitative estimate of drug-likeness (QED) is 0.602. The van der Waals surface area contributed by atoms with Gasteiger partial charge in [-0.05, 0) is 31.4 Å². The second kappa shape index (κ2) is 7.12. The van der Waals surface area contributed by atoms with Crippen molar-refractivity contribution in [2.45, 2.75) is 39.0 Å². The van der Waals surface area contributed by atoms with Gasteiger partial charge in [-0.15, -0.1) is 0 Å². The van der Waals surface area contributed by atoms with E-state index in [1.165, 1.54) is 13.8 Å². The van der Waals surface area contributed by atoms with Gasteiger partial charge in [0.15, 0.2) is 0 Å². The Kier molecular flexibility index (Phi) is 5.80. The highest BCUT2D eigenvalue weighted by Gasteiger charge is 2.33. The Bertz CT molecular complexity index is 464. The minimum Gasteiger partial charge on any atom is -0.459 e. The Balaban J connectivity index is 2.75. The molecule has 1 rings (SSSR count). The summed E-state index contributed by atoms with van der Waals surface area (Å²) < 4.78 is 43.4. The van der Waals surface area contributed by atoms with Gasteiger partial charge in [0.05, 0.1) is 0 Å². The molecular weight excluding hydrogens is 269 g/mol. The summed E-state index contributed by atoms with van der Waals surface area (Å²) in [5.74, 6) is -0.599. The molecule has 0 saturated heterocycles. The highest BCUT2D eigenvalue weighted by atomic mass is 19.4. The Labute approximate surface area is 116 Å². The average molecular weight is 286 g/mol. The minimum atomic E-state index is -4.41. The first kappa shape index (κ1) is 16.3. The van der Waals surface area contributed by atoms with E-state index in [-0.39, 0.29) is 6.42 Å². The van der Waals surface area contributed by atoms with Crippen LogP contribution in [0, 0.1) is 0 Å². The molecule has 0 fully saturated rings. The fraction of sp³-hybridized carbons (Fsp3) is 0.400. The van der Waals surface area contributed by atoms with Crippen LogP contribution in [0.15, 0.2) is 42.0 Å². The molecule has 5 heteroatoms. The Morgan fingerprint density at radius 2 is 1.90 bits per heavy atom. The largest absolute Gasteiger partial charge is 0.459 e. The number of allylic oxidation sites excluding steroid dienone is 1. The number of ether oxygens (including phenoxy) is 1. The van der Waals surface area contributed by atoms with E-state index in [1.54, 1.807) is 24.3 Å². The number of carbonyl (C=O) groups excluding carboxylic acids is 1. The molecule has 110 valence electrons. The first-order chi connectivity index (χ1) is 9.29. The number of aryl methyl sites for hydroxylation is 1. The van der Waals surface area contributed by atoms with Crippen LogP contribution in [0.5, 0.6) is 0 Å². The van der Waals surface area contributed by atoms with Crippen molar-refractivity contribution in [1.82, 2.24) is 0 Å². The van der Waals surface area contributed by atoms with Crippen molar-refractivity contribution in [3.63, 3.8) is 0 Å². The number of rotatable bonds is 5. The van der Waals surface area contributed by atoms with Gasteiger partial charge < -0.3 is 4.74 Å². The molecule has 2 nitrogen and oxygen atoms in total. The number of alkyl halides is 3. The summed E-state index contributed by atoms with van der Waals surface area (Å²) in [6, 6.07) is 8.95. The first-order valence-electron chi connectivity index (χ1n) is 6.28. The van der Waals surface area contributed by atoms with E-state index in [0.717, 1.165) is 11.6 Å². The fourth-order valence-corrected chi connectivity index (χ4v) is 1.82. The van der Waals surface area contributed by atoms with Gasteiger partial charge in [-0.25, -0.2) is 0 Å². The number of esters is 1. The summed E-state index contributed by atoms with van der Waals surface area (Å²) in [4.78, 5) is 10.7. The van der Waals surface area contributed by atoms with E-state index in [1.807, 2.05) is 6.07 Å². The molecule has 1 aromatic rings. The Morgan fingerprint density at radius 1 is 1.30 bits per heavy atom. The third kappa shape index (κ3) is 5.91. The normalized spacial score (nSPS) is 13.9. The summed E-state index contributed by atoms with van der Waals surface area (Å²) in [5.41, 5.74) is 0.165. The predicted molar refractivity (Wildman–Crippen MR) is 70.1 cm³/mol. The zero-order chi connectivity index (χ0) is 15.2. The first-order valence-corrected chi connectivity index (χ1v) is 6.28. The van der Waals surface area contributed by atoms with Crippen LogP contribution in [-0.4, -0.2) is 18.2 Å². The van der Waals surface area contributed by atoms with Gasteiger partial charge in [-0.3, -0.25) is 4.79 Å². The van der Waals surface area contributed by atoms with Gasteiger partial charge in [0.1, 0.15) is 6.10 Å². The summed E-state index contributed by atoms with van der Waals surface area (Å²) in [5, 5.41) is 0. The average Bonchev–Trinajstić information content (AvgIpc) is 2.33. The van der Waals surface area contributed by atoms with E-state index in [2.05, 4.69) is 0 Å². The van der Waals surface area contributed by atoms with Crippen molar-refractivity contribution in [2.75, 3.05) is 0 Å².